The van der Waals surface area contributed by atoms with Gasteiger partial charge in [0.05, 0.1) is 27.6 Å². The van der Waals surface area contributed by atoms with Crippen molar-refractivity contribution >= 4 is 34.9 Å². The van der Waals surface area contributed by atoms with Gasteiger partial charge in [-0.15, -0.1) is 6.58 Å². The number of ether oxygens (including phenoxy) is 1. The zero-order chi connectivity index (χ0) is 27.6. The van der Waals surface area contributed by atoms with Crippen LogP contribution < -0.4 is 10.1 Å². The van der Waals surface area contributed by atoms with E-state index in [1.807, 2.05) is 13.0 Å². The number of phenolic OH excluding ortho intramolecular Hbond substituents is 1. The van der Waals surface area contributed by atoms with Crippen LogP contribution in [-0.2, 0) is 16.6 Å². The second-order valence-electron chi connectivity index (χ2n) is 11.3. The topological polar surface area (TPSA) is 99.1 Å². The number of carbonyl (C=O) groups excluding carboxylic acids is 2. The third kappa shape index (κ3) is 3.92. The van der Waals surface area contributed by atoms with Crippen LogP contribution in [0.3, 0.4) is 0 Å². The quantitative estimate of drug-likeness (QED) is 0.337. The highest BCUT2D eigenvalue weighted by molar-refractivity contribution is 6.42. The molecule has 39 heavy (non-hydrogen) atoms. The maximum atomic E-state index is 13.5. The normalized spacial score (nSPS) is 29.2. The molecule has 2 fully saturated rings. The smallest absolute Gasteiger partial charge is 0.227 e. The minimum absolute atomic E-state index is 0.0851. The Hall–Kier alpha value is -2.58. The van der Waals surface area contributed by atoms with Gasteiger partial charge in [-0.3, -0.25) is 14.5 Å². The molecular weight excluding hydrogens is 539 g/mol. The first kappa shape index (κ1) is 26.6. The molecule has 7 nitrogen and oxygen atoms in total. The number of hydrogen-bond donors (Lipinski definition) is 3. The number of nitrogens with one attached hydrogen (secondary N) is 1. The van der Waals surface area contributed by atoms with Gasteiger partial charge < -0.3 is 20.3 Å². The number of Topliss-reactive ketones (excluding diaryl/α,β-unsaturated/α-hetero) is 1. The van der Waals surface area contributed by atoms with Crippen molar-refractivity contribution in [3.05, 3.63) is 69.2 Å². The maximum absolute atomic E-state index is 13.5. The molecule has 1 saturated carbocycles. The van der Waals surface area contributed by atoms with Crippen LogP contribution in [-0.4, -0.2) is 64.7 Å². The van der Waals surface area contributed by atoms with E-state index in [1.54, 1.807) is 24.3 Å². The molecule has 9 heteroatoms. The number of carbonyl (C=O) groups is 2. The molecule has 4 aliphatic rings. The van der Waals surface area contributed by atoms with Gasteiger partial charge >= 0.3 is 0 Å². The van der Waals surface area contributed by atoms with Crippen LogP contribution in [0.15, 0.2) is 36.9 Å². The highest BCUT2D eigenvalue weighted by Crippen LogP contribution is 2.64. The summed E-state index contributed by atoms with van der Waals surface area (Å²) in [5.74, 6) is -0.720. The Morgan fingerprint density at radius 3 is 2.79 bits per heavy atom. The van der Waals surface area contributed by atoms with Gasteiger partial charge in [0, 0.05) is 23.6 Å². The number of phenols is 1. The van der Waals surface area contributed by atoms with Gasteiger partial charge in [0.25, 0.3) is 0 Å². The van der Waals surface area contributed by atoms with Gasteiger partial charge in [-0.25, -0.2) is 0 Å². The number of hydrogen-bond acceptors (Lipinski definition) is 6. The third-order valence-corrected chi connectivity index (χ3v) is 10.3. The molecule has 3 N–H and O–H groups in total. The van der Waals surface area contributed by atoms with Gasteiger partial charge in [0.2, 0.25) is 5.91 Å². The summed E-state index contributed by atoms with van der Waals surface area (Å²) in [6.07, 6.45) is 4.73. The molecule has 2 aliphatic heterocycles. The van der Waals surface area contributed by atoms with Gasteiger partial charge in [-0.2, -0.15) is 0 Å². The lowest BCUT2D eigenvalue weighted by molar-refractivity contribution is -0.126. The molecule has 6 atom stereocenters. The van der Waals surface area contributed by atoms with Crippen molar-refractivity contribution in [3.8, 4) is 11.5 Å². The first-order valence-corrected chi connectivity index (χ1v) is 14.3. The number of aromatic hydroxyl groups is 1. The van der Waals surface area contributed by atoms with Crippen LogP contribution in [0.1, 0.15) is 59.2 Å². The Labute approximate surface area is 237 Å². The molecule has 0 radical (unpaired) electrons. The van der Waals surface area contributed by atoms with Crippen molar-refractivity contribution in [2.24, 2.45) is 5.92 Å². The number of benzene rings is 2. The summed E-state index contributed by atoms with van der Waals surface area (Å²) in [5, 5.41) is 24.8. The second kappa shape index (κ2) is 9.81. The summed E-state index contributed by atoms with van der Waals surface area (Å²) in [5.41, 5.74) is 2.43. The highest BCUT2D eigenvalue weighted by atomic mass is 35.5. The summed E-state index contributed by atoms with van der Waals surface area (Å²) in [4.78, 5) is 28.5. The zero-order valence-corrected chi connectivity index (χ0v) is 23.3. The number of piperidine rings is 1. The number of halogens is 2. The third-order valence-electron chi connectivity index (χ3n) is 9.52. The van der Waals surface area contributed by atoms with Crippen LogP contribution in [0.5, 0.6) is 11.5 Å². The summed E-state index contributed by atoms with van der Waals surface area (Å²) >= 11 is 12.3. The molecule has 0 aromatic heterocycles. The molecule has 2 aromatic carbocycles. The van der Waals surface area contributed by atoms with E-state index in [4.69, 9.17) is 27.9 Å². The van der Waals surface area contributed by atoms with E-state index < -0.39 is 18.3 Å². The summed E-state index contributed by atoms with van der Waals surface area (Å²) in [7, 11) is 0. The Morgan fingerprint density at radius 2 is 2.08 bits per heavy atom. The number of likely N-dealkylation sites (tertiary alicyclic amines) is 1. The molecule has 1 amide bonds. The molecule has 2 aliphatic carbocycles. The molecule has 2 heterocycles. The molecule has 2 aromatic rings. The number of ketones is 1. The number of aliphatic hydroxyl groups excluding tert-OH is 1. The van der Waals surface area contributed by atoms with Crippen molar-refractivity contribution in [2.45, 2.75) is 62.1 Å². The van der Waals surface area contributed by atoms with Crippen LogP contribution in [0, 0.1) is 5.92 Å². The van der Waals surface area contributed by atoms with Crippen LogP contribution in [0.2, 0.25) is 10.0 Å². The predicted octanol–water partition coefficient (Wildman–Crippen LogP) is 4.39. The fourth-order valence-corrected chi connectivity index (χ4v) is 8.09. The van der Waals surface area contributed by atoms with E-state index in [2.05, 4.69) is 16.8 Å². The predicted molar refractivity (Wildman–Crippen MR) is 149 cm³/mol. The molecular formula is C30H32Cl2N2O5. The summed E-state index contributed by atoms with van der Waals surface area (Å²) < 4.78 is 6.60. The summed E-state index contributed by atoms with van der Waals surface area (Å²) in [6.45, 7) is 6.72. The number of aliphatic hydroxyl groups is 1. The van der Waals surface area contributed by atoms with Crippen molar-refractivity contribution in [2.75, 3.05) is 19.7 Å². The number of rotatable bonds is 7. The van der Waals surface area contributed by atoms with Gasteiger partial charge in [-0.05, 0) is 74.4 Å². The lowest BCUT2D eigenvalue weighted by Gasteiger charge is -2.59. The van der Waals surface area contributed by atoms with E-state index in [-0.39, 0.29) is 46.7 Å². The van der Waals surface area contributed by atoms with Crippen molar-refractivity contribution in [3.63, 3.8) is 0 Å². The van der Waals surface area contributed by atoms with E-state index in [0.29, 0.717) is 15.8 Å². The molecule has 3 unspecified atom stereocenters. The van der Waals surface area contributed by atoms with Crippen LogP contribution >= 0.6 is 23.2 Å². The fourth-order valence-electron chi connectivity index (χ4n) is 7.78. The van der Waals surface area contributed by atoms with E-state index in [0.717, 1.165) is 55.5 Å². The first-order chi connectivity index (χ1) is 18.7. The second-order valence-corrected chi connectivity index (χ2v) is 12.1. The molecule has 2 bridgehead atoms. The average Bonchev–Trinajstić information content (AvgIpc) is 3.28. The molecule has 6 rings (SSSR count). The zero-order valence-electron chi connectivity index (χ0n) is 21.8. The monoisotopic (exact) mass is 570 g/mol. The molecule has 1 saturated heterocycles. The van der Waals surface area contributed by atoms with Gasteiger partial charge in [0.15, 0.2) is 17.3 Å². The number of nitrogens with zero attached hydrogens (tertiary/aromatic N) is 1. The summed E-state index contributed by atoms with van der Waals surface area (Å²) in [6, 6.07) is 6.92. The van der Waals surface area contributed by atoms with E-state index >= 15 is 0 Å². The van der Waals surface area contributed by atoms with Crippen LogP contribution in [0.4, 0.5) is 0 Å². The fraction of sp³-hybridized carbons (Fsp3) is 0.467. The van der Waals surface area contributed by atoms with Crippen molar-refractivity contribution in [1.29, 1.82) is 0 Å². The minimum atomic E-state index is -0.694. The van der Waals surface area contributed by atoms with Crippen molar-refractivity contribution in [1.82, 2.24) is 10.2 Å². The Morgan fingerprint density at radius 1 is 1.28 bits per heavy atom. The lowest BCUT2D eigenvalue weighted by atomic mass is 9.51. The molecule has 1 spiro atoms. The number of amides is 1. The molecule has 206 valence electrons. The Balaban J connectivity index is 1.38. The minimum Gasteiger partial charge on any atom is -0.504 e. The van der Waals surface area contributed by atoms with Crippen LogP contribution in [0.25, 0.3) is 0 Å². The SMILES string of the molecule is C=CCN1CC[C@]23c4c5cc(C(=O)CO)c(O)c4OC2C(NC(=O)C(C)c2ccc(Cl)c(Cl)c2)CC[C@H]3[C@H]1C5. The lowest BCUT2D eigenvalue weighted by Crippen LogP contribution is -2.69. The Kier molecular flexibility index (Phi) is 6.70. The first-order valence-electron chi connectivity index (χ1n) is 13.5. The Bertz CT molecular complexity index is 1380. The average molecular weight is 572 g/mol. The van der Waals surface area contributed by atoms with Gasteiger partial charge in [0.1, 0.15) is 12.7 Å². The van der Waals surface area contributed by atoms with Gasteiger partial charge in [-0.1, -0.05) is 35.3 Å². The van der Waals surface area contributed by atoms with Crippen molar-refractivity contribution < 1.29 is 24.5 Å². The van der Waals surface area contributed by atoms with E-state index in [9.17, 15) is 19.8 Å². The standard InChI is InChI=1S/C30H32Cl2N2O5/c1-3-9-34-10-8-30-19-5-7-22(33-29(38)15(2)16-4-6-20(31)21(32)12-16)28(30)39-27-25(30)17(13-23(19)34)11-18(26(27)37)24(36)14-35/h3-4,6,11-12,15,19,22-23,28,35,37H,1,5,7-10,13-14H2,2H3,(H,33,38)/t15?,19-,22?,23+,28?,30-/m0/s1. The maximum Gasteiger partial charge on any atom is 0.227 e. The largest absolute Gasteiger partial charge is 0.504 e. The highest BCUT2D eigenvalue weighted by Gasteiger charge is 2.66. The van der Waals surface area contributed by atoms with E-state index in [1.165, 1.54) is 0 Å².